The minimum Gasteiger partial charge on any atom is -0.489 e. The maximum atomic E-state index is 12.5. The third-order valence-corrected chi connectivity index (χ3v) is 6.74. The first kappa shape index (κ1) is 21.3. The van der Waals surface area contributed by atoms with Crippen LogP contribution in [0.3, 0.4) is 0 Å². The van der Waals surface area contributed by atoms with Crippen molar-refractivity contribution in [2.75, 3.05) is 53.6 Å². The fraction of sp³-hybridized carbons (Fsp3) is 0.550. The molecule has 2 amide bonds. The zero-order valence-electron chi connectivity index (χ0n) is 16.4. The SMILES string of the molecule is O=C(CC[C@@H]1OC(=O)N2c3ccc(N4CCOCC4=O)cc3OC[C@@H]12)CSCCCl. The molecule has 10 heteroatoms. The van der Waals surface area contributed by atoms with Gasteiger partial charge in [0, 0.05) is 36.4 Å². The van der Waals surface area contributed by atoms with Crippen LogP contribution in [0.2, 0.25) is 0 Å². The zero-order chi connectivity index (χ0) is 21.1. The number of carbonyl (C=O) groups is 3. The van der Waals surface area contributed by atoms with E-state index in [9.17, 15) is 14.4 Å². The molecule has 3 heterocycles. The molecule has 2 fully saturated rings. The van der Waals surface area contributed by atoms with E-state index in [1.165, 1.54) is 11.8 Å². The molecule has 0 unspecified atom stereocenters. The lowest BCUT2D eigenvalue weighted by Gasteiger charge is -2.33. The number of thioether (sulfide) groups is 1. The second-order valence-corrected chi connectivity index (χ2v) is 8.72. The van der Waals surface area contributed by atoms with E-state index in [0.29, 0.717) is 54.8 Å². The number of morpholine rings is 1. The zero-order valence-corrected chi connectivity index (χ0v) is 18.0. The molecule has 0 aliphatic carbocycles. The van der Waals surface area contributed by atoms with E-state index in [4.69, 9.17) is 25.8 Å². The monoisotopic (exact) mass is 454 g/mol. The number of nitrogens with zero attached hydrogens (tertiary/aromatic N) is 2. The summed E-state index contributed by atoms with van der Waals surface area (Å²) in [5, 5.41) is 0. The molecule has 1 aromatic rings. The first-order valence-corrected chi connectivity index (χ1v) is 11.6. The van der Waals surface area contributed by atoms with Gasteiger partial charge in [0.25, 0.3) is 5.91 Å². The van der Waals surface area contributed by atoms with Crippen molar-refractivity contribution in [1.29, 1.82) is 0 Å². The van der Waals surface area contributed by atoms with Gasteiger partial charge in [-0.05, 0) is 18.6 Å². The summed E-state index contributed by atoms with van der Waals surface area (Å²) in [6, 6.07) is 5.07. The Labute approximate surface area is 183 Å². The molecule has 0 N–H and O–H groups in total. The highest BCUT2D eigenvalue weighted by molar-refractivity contribution is 8.00. The van der Waals surface area contributed by atoms with Crippen molar-refractivity contribution in [1.82, 2.24) is 0 Å². The van der Waals surface area contributed by atoms with Gasteiger partial charge in [0.05, 0.1) is 18.0 Å². The Bertz CT molecular complexity index is 838. The summed E-state index contributed by atoms with van der Waals surface area (Å²) in [4.78, 5) is 39.9. The number of cyclic esters (lactones) is 1. The lowest BCUT2D eigenvalue weighted by atomic mass is 10.0. The van der Waals surface area contributed by atoms with E-state index in [1.54, 1.807) is 28.0 Å². The van der Waals surface area contributed by atoms with Crippen LogP contribution < -0.4 is 14.5 Å². The van der Waals surface area contributed by atoms with Crippen molar-refractivity contribution in [2.24, 2.45) is 0 Å². The molecule has 2 atom stereocenters. The van der Waals surface area contributed by atoms with E-state index in [0.717, 1.165) is 5.75 Å². The number of carbonyl (C=O) groups excluding carboxylic acids is 3. The predicted molar refractivity (Wildman–Crippen MR) is 114 cm³/mol. The van der Waals surface area contributed by atoms with Crippen LogP contribution in [0.1, 0.15) is 12.8 Å². The van der Waals surface area contributed by atoms with Crippen LogP contribution in [0.5, 0.6) is 5.75 Å². The second kappa shape index (κ2) is 9.45. The second-order valence-electron chi connectivity index (χ2n) is 7.24. The number of ether oxygens (including phenoxy) is 3. The summed E-state index contributed by atoms with van der Waals surface area (Å²) in [6.45, 7) is 1.29. The Hall–Kier alpha value is -1.97. The average molecular weight is 455 g/mol. The first-order chi connectivity index (χ1) is 14.6. The van der Waals surface area contributed by atoms with Gasteiger partial charge in [-0.25, -0.2) is 4.79 Å². The molecule has 0 bridgehead atoms. The molecule has 3 aliphatic rings. The van der Waals surface area contributed by atoms with Crippen molar-refractivity contribution in [3.8, 4) is 5.75 Å². The van der Waals surface area contributed by atoms with Crippen LogP contribution in [0.15, 0.2) is 18.2 Å². The van der Waals surface area contributed by atoms with Gasteiger partial charge in [0.15, 0.2) is 0 Å². The van der Waals surface area contributed by atoms with Gasteiger partial charge >= 0.3 is 6.09 Å². The summed E-state index contributed by atoms with van der Waals surface area (Å²) < 4.78 is 16.6. The Balaban J connectivity index is 1.42. The van der Waals surface area contributed by atoms with Crippen molar-refractivity contribution in [2.45, 2.75) is 25.0 Å². The summed E-state index contributed by atoms with van der Waals surface area (Å²) in [6.07, 6.45) is -0.0174. The van der Waals surface area contributed by atoms with Crippen LogP contribution in [0.4, 0.5) is 16.2 Å². The molecule has 2 saturated heterocycles. The van der Waals surface area contributed by atoms with Crippen LogP contribution in [-0.2, 0) is 19.1 Å². The normalized spacial score (nSPS) is 23.0. The van der Waals surface area contributed by atoms with E-state index < -0.39 is 12.2 Å². The molecule has 30 heavy (non-hydrogen) atoms. The highest BCUT2D eigenvalue weighted by Gasteiger charge is 2.46. The molecule has 4 rings (SSSR count). The number of benzene rings is 1. The molecule has 0 radical (unpaired) electrons. The molecule has 0 saturated carbocycles. The maximum Gasteiger partial charge on any atom is 0.415 e. The average Bonchev–Trinajstić information content (AvgIpc) is 3.08. The molecule has 8 nitrogen and oxygen atoms in total. The number of alkyl halides is 1. The molecule has 0 aromatic heterocycles. The van der Waals surface area contributed by atoms with Gasteiger partial charge < -0.3 is 19.1 Å². The fourth-order valence-corrected chi connectivity index (χ4v) is 4.80. The van der Waals surface area contributed by atoms with Crippen LogP contribution in [-0.4, -0.2) is 73.7 Å². The third-order valence-electron chi connectivity index (χ3n) is 5.31. The number of anilines is 2. The van der Waals surface area contributed by atoms with E-state index in [2.05, 4.69) is 0 Å². The van der Waals surface area contributed by atoms with Crippen molar-refractivity contribution >= 4 is 52.5 Å². The number of ketones is 1. The Morgan fingerprint density at radius 2 is 2.17 bits per heavy atom. The maximum absolute atomic E-state index is 12.5. The number of Topliss-reactive ketones (excluding diaryl/α,β-unsaturated/α-hetero) is 1. The predicted octanol–water partition coefficient (Wildman–Crippen LogP) is 2.46. The molecule has 3 aliphatic heterocycles. The van der Waals surface area contributed by atoms with Gasteiger partial charge in [-0.3, -0.25) is 14.5 Å². The van der Waals surface area contributed by atoms with Crippen molar-refractivity contribution in [3.63, 3.8) is 0 Å². The number of hydrogen-bond donors (Lipinski definition) is 0. The topological polar surface area (TPSA) is 85.4 Å². The van der Waals surface area contributed by atoms with Gasteiger partial charge in [-0.2, -0.15) is 11.8 Å². The van der Waals surface area contributed by atoms with E-state index in [1.807, 2.05) is 0 Å². The molecular formula is C20H23ClN2O6S. The van der Waals surface area contributed by atoms with Gasteiger partial charge in [0.2, 0.25) is 0 Å². The van der Waals surface area contributed by atoms with Gasteiger partial charge in [0.1, 0.15) is 36.9 Å². The largest absolute Gasteiger partial charge is 0.489 e. The Morgan fingerprint density at radius 1 is 1.30 bits per heavy atom. The van der Waals surface area contributed by atoms with Gasteiger partial charge in [-0.15, -0.1) is 11.6 Å². The standard InChI is InChI=1S/C20H23ClN2O6S/c21-5-8-30-12-14(24)2-4-17-16-10-28-18-9-13(22-6-7-27-11-19(22)25)1-3-15(18)23(16)20(26)29-17/h1,3,9,16-17H,2,4-8,10-12H2/t16-,17-/m0/s1. The molecular weight excluding hydrogens is 432 g/mol. The number of rotatable bonds is 8. The molecule has 0 spiro atoms. The van der Waals surface area contributed by atoms with Crippen LogP contribution in [0.25, 0.3) is 0 Å². The first-order valence-electron chi connectivity index (χ1n) is 9.88. The van der Waals surface area contributed by atoms with Crippen LogP contribution in [0, 0.1) is 0 Å². The highest BCUT2D eigenvalue weighted by Crippen LogP contribution is 2.41. The summed E-state index contributed by atoms with van der Waals surface area (Å²) >= 11 is 7.14. The van der Waals surface area contributed by atoms with Crippen LogP contribution >= 0.6 is 23.4 Å². The molecule has 1 aromatic carbocycles. The van der Waals surface area contributed by atoms with E-state index >= 15 is 0 Å². The Kier molecular flexibility index (Phi) is 6.70. The van der Waals surface area contributed by atoms with Gasteiger partial charge in [-0.1, -0.05) is 0 Å². The lowest BCUT2D eigenvalue weighted by Crippen LogP contribution is -2.45. The fourth-order valence-electron chi connectivity index (χ4n) is 3.84. The lowest BCUT2D eigenvalue weighted by molar-refractivity contribution is -0.125. The Morgan fingerprint density at radius 3 is 2.97 bits per heavy atom. The van der Waals surface area contributed by atoms with Crippen molar-refractivity contribution < 1.29 is 28.6 Å². The number of halogens is 1. The van der Waals surface area contributed by atoms with E-state index in [-0.39, 0.29) is 30.9 Å². The number of amides is 2. The number of fused-ring (bicyclic) bond motifs is 3. The summed E-state index contributed by atoms with van der Waals surface area (Å²) in [5.41, 5.74) is 1.33. The summed E-state index contributed by atoms with van der Waals surface area (Å²) in [5.74, 6) is 2.23. The summed E-state index contributed by atoms with van der Waals surface area (Å²) in [7, 11) is 0. The minimum atomic E-state index is -0.436. The molecule has 162 valence electrons. The van der Waals surface area contributed by atoms with Crippen molar-refractivity contribution in [3.05, 3.63) is 18.2 Å². The minimum absolute atomic E-state index is 0.0588. The highest BCUT2D eigenvalue weighted by atomic mass is 35.5. The number of hydrogen-bond acceptors (Lipinski definition) is 7. The quantitative estimate of drug-likeness (QED) is 0.440. The third kappa shape index (κ3) is 4.38. The smallest absolute Gasteiger partial charge is 0.415 e.